The van der Waals surface area contributed by atoms with Crippen molar-refractivity contribution in [2.75, 3.05) is 6.54 Å². The van der Waals surface area contributed by atoms with E-state index in [1.165, 1.54) is 32.1 Å². The predicted octanol–water partition coefficient (Wildman–Crippen LogP) is 2.89. The molecule has 2 unspecified atom stereocenters. The van der Waals surface area contributed by atoms with Crippen molar-refractivity contribution in [3.8, 4) is 0 Å². The Morgan fingerprint density at radius 1 is 1.19 bits per heavy atom. The summed E-state index contributed by atoms with van der Waals surface area (Å²) in [6.07, 6.45) is 7.77. The summed E-state index contributed by atoms with van der Waals surface area (Å²) in [7, 11) is 0. The number of furan rings is 1. The summed E-state index contributed by atoms with van der Waals surface area (Å²) in [5.41, 5.74) is 1.96. The van der Waals surface area contributed by atoms with Crippen LogP contribution in [-0.2, 0) is 17.8 Å². The summed E-state index contributed by atoms with van der Waals surface area (Å²) in [5, 5.41) is 16.9. The van der Waals surface area contributed by atoms with Gasteiger partial charge in [-0.3, -0.25) is 4.79 Å². The zero-order valence-electron chi connectivity index (χ0n) is 15.2. The van der Waals surface area contributed by atoms with Crippen LogP contribution in [0.2, 0.25) is 0 Å². The maximum Gasteiger partial charge on any atom is 0.240 e. The SMILES string of the molecule is O=C(NCc1ccc2oc(CC3CCCCC3)cc2c1)C1NCCC1O. The van der Waals surface area contributed by atoms with Crippen molar-refractivity contribution in [2.24, 2.45) is 5.92 Å². The lowest BCUT2D eigenvalue weighted by Crippen LogP contribution is -2.45. The molecule has 2 aromatic rings. The number of carbonyl (C=O) groups excluding carboxylic acids is 1. The van der Waals surface area contributed by atoms with E-state index in [9.17, 15) is 9.90 Å². The first kappa shape index (κ1) is 17.6. The Labute approximate surface area is 154 Å². The molecular weight excluding hydrogens is 328 g/mol. The van der Waals surface area contributed by atoms with Crippen molar-refractivity contribution in [1.82, 2.24) is 10.6 Å². The number of aliphatic hydroxyl groups is 1. The number of aliphatic hydroxyl groups excluding tert-OH is 1. The Balaban J connectivity index is 1.38. The molecule has 4 rings (SSSR count). The fraction of sp³-hybridized carbons (Fsp3) is 0.571. The molecule has 2 heterocycles. The molecule has 1 aliphatic heterocycles. The lowest BCUT2D eigenvalue weighted by molar-refractivity contribution is -0.124. The van der Waals surface area contributed by atoms with E-state index >= 15 is 0 Å². The van der Waals surface area contributed by atoms with Gasteiger partial charge in [0.1, 0.15) is 17.4 Å². The highest BCUT2D eigenvalue weighted by Gasteiger charge is 2.30. The van der Waals surface area contributed by atoms with Gasteiger partial charge in [-0.2, -0.15) is 0 Å². The molecule has 26 heavy (non-hydrogen) atoms. The summed E-state index contributed by atoms with van der Waals surface area (Å²) in [4.78, 5) is 12.2. The van der Waals surface area contributed by atoms with Gasteiger partial charge in [0.2, 0.25) is 5.91 Å². The number of nitrogens with one attached hydrogen (secondary N) is 2. The lowest BCUT2D eigenvalue weighted by Gasteiger charge is -2.20. The minimum absolute atomic E-state index is 0.139. The molecule has 0 radical (unpaired) electrons. The van der Waals surface area contributed by atoms with Crippen LogP contribution >= 0.6 is 0 Å². The van der Waals surface area contributed by atoms with E-state index in [2.05, 4.69) is 22.8 Å². The number of benzene rings is 1. The van der Waals surface area contributed by atoms with Crippen LogP contribution in [0.25, 0.3) is 11.0 Å². The molecule has 1 saturated carbocycles. The van der Waals surface area contributed by atoms with Crippen molar-refractivity contribution in [3.05, 3.63) is 35.6 Å². The van der Waals surface area contributed by atoms with E-state index in [0.29, 0.717) is 19.5 Å². The summed E-state index contributed by atoms with van der Waals surface area (Å²) in [6, 6.07) is 7.73. The molecule has 0 spiro atoms. The lowest BCUT2D eigenvalue weighted by atomic mass is 9.86. The molecule has 3 N–H and O–H groups in total. The zero-order valence-corrected chi connectivity index (χ0v) is 15.2. The van der Waals surface area contributed by atoms with Crippen LogP contribution in [0, 0.1) is 5.92 Å². The molecule has 0 bridgehead atoms. The minimum atomic E-state index is -0.589. The number of amides is 1. The Bertz CT molecular complexity index is 764. The molecule has 2 fully saturated rings. The largest absolute Gasteiger partial charge is 0.461 e. The standard InChI is InChI=1S/C21H28N2O3/c24-18-8-9-22-20(18)21(25)23-13-15-6-7-19-16(10-15)12-17(26-19)11-14-4-2-1-3-5-14/h6-7,10,12,14,18,20,22,24H,1-5,8-9,11,13H2,(H,23,25). The van der Waals surface area contributed by atoms with E-state index in [1.807, 2.05) is 12.1 Å². The monoisotopic (exact) mass is 356 g/mol. The average molecular weight is 356 g/mol. The predicted molar refractivity (Wildman–Crippen MR) is 101 cm³/mol. The molecule has 1 aromatic carbocycles. The van der Waals surface area contributed by atoms with Crippen molar-refractivity contribution in [1.29, 1.82) is 0 Å². The highest BCUT2D eigenvalue weighted by atomic mass is 16.3. The topological polar surface area (TPSA) is 74.5 Å². The van der Waals surface area contributed by atoms with Gasteiger partial charge >= 0.3 is 0 Å². The van der Waals surface area contributed by atoms with Crippen LogP contribution in [0.1, 0.15) is 49.8 Å². The molecule has 5 heteroatoms. The van der Waals surface area contributed by atoms with Crippen molar-refractivity contribution < 1.29 is 14.3 Å². The number of carbonyl (C=O) groups is 1. The summed E-state index contributed by atoms with van der Waals surface area (Å²) in [6.45, 7) is 1.15. The van der Waals surface area contributed by atoms with Crippen molar-refractivity contribution in [2.45, 2.75) is 63.6 Å². The Morgan fingerprint density at radius 3 is 2.81 bits per heavy atom. The van der Waals surface area contributed by atoms with Crippen LogP contribution in [0.5, 0.6) is 0 Å². The van der Waals surface area contributed by atoms with E-state index < -0.39 is 12.1 Å². The highest BCUT2D eigenvalue weighted by Crippen LogP contribution is 2.29. The second-order valence-electron chi connectivity index (χ2n) is 7.80. The number of fused-ring (bicyclic) bond motifs is 1. The minimum Gasteiger partial charge on any atom is -0.461 e. The highest BCUT2D eigenvalue weighted by molar-refractivity contribution is 5.83. The fourth-order valence-electron chi connectivity index (χ4n) is 4.29. The number of rotatable bonds is 5. The molecule has 2 atom stereocenters. The fourth-order valence-corrected chi connectivity index (χ4v) is 4.29. The summed E-state index contributed by atoms with van der Waals surface area (Å²) in [5.74, 6) is 1.69. The third-order valence-corrected chi connectivity index (χ3v) is 5.78. The maximum atomic E-state index is 12.2. The number of hydrogen-bond acceptors (Lipinski definition) is 4. The van der Waals surface area contributed by atoms with Crippen LogP contribution in [-0.4, -0.2) is 29.7 Å². The van der Waals surface area contributed by atoms with E-state index in [0.717, 1.165) is 34.6 Å². The first-order valence-electron chi connectivity index (χ1n) is 9.89. The molecular formula is C21H28N2O3. The molecule has 1 aliphatic carbocycles. The van der Waals surface area contributed by atoms with Gasteiger partial charge in [-0.15, -0.1) is 0 Å². The molecule has 1 aromatic heterocycles. The van der Waals surface area contributed by atoms with Crippen LogP contribution in [0.4, 0.5) is 0 Å². The van der Waals surface area contributed by atoms with Crippen LogP contribution < -0.4 is 10.6 Å². The second-order valence-corrected chi connectivity index (χ2v) is 7.80. The summed E-state index contributed by atoms with van der Waals surface area (Å²) >= 11 is 0. The van der Waals surface area contributed by atoms with Crippen LogP contribution in [0.3, 0.4) is 0 Å². The molecule has 1 saturated heterocycles. The molecule has 1 amide bonds. The first-order valence-corrected chi connectivity index (χ1v) is 9.89. The van der Waals surface area contributed by atoms with Gasteiger partial charge in [0, 0.05) is 18.4 Å². The molecule has 140 valence electrons. The second kappa shape index (κ2) is 7.80. The van der Waals surface area contributed by atoms with Crippen molar-refractivity contribution >= 4 is 16.9 Å². The van der Waals surface area contributed by atoms with E-state index in [1.54, 1.807) is 0 Å². The van der Waals surface area contributed by atoms with Gasteiger partial charge in [0.15, 0.2) is 0 Å². The van der Waals surface area contributed by atoms with Gasteiger partial charge in [0.25, 0.3) is 0 Å². The van der Waals surface area contributed by atoms with Gasteiger partial charge in [-0.05, 0) is 42.6 Å². The average Bonchev–Trinajstić information content (AvgIpc) is 3.25. The van der Waals surface area contributed by atoms with Crippen LogP contribution in [0.15, 0.2) is 28.7 Å². The maximum absolute atomic E-state index is 12.2. The Hall–Kier alpha value is -1.85. The van der Waals surface area contributed by atoms with Crippen molar-refractivity contribution in [3.63, 3.8) is 0 Å². The smallest absolute Gasteiger partial charge is 0.240 e. The molecule has 2 aliphatic rings. The summed E-state index contributed by atoms with van der Waals surface area (Å²) < 4.78 is 6.02. The Kier molecular flexibility index (Phi) is 5.27. The van der Waals surface area contributed by atoms with Gasteiger partial charge in [0.05, 0.1) is 6.10 Å². The van der Waals surface area contributed by atoms with E-state index in [4.69, 9.17) is 4.42 Å². The third kappa shape index (κ3) is 3.94. The quantitative estimate of drug-likeness (QED) is 0.770. The van der Waals surface area contributed by atoms with Gasteiger partial charge < -0.3 is 20.2 Å². The zero-order chi connectivity index (χ0) is 17.9. The Morgan fingerprint density at radius 2 is 2.04 bits per heavy atom. The van der Waals surface area contributed by atoms with E-state index in [-0.39, 0.29) is 5.91 Å². The van der Waals surface area contributed by atoms with Gasteiger partial charge in [-0.25, -0.2) is 0 Å². The molecule has 5 nitrogen and oxygen atoms in total. The van der Waals surface area contributed by atoms with Gasteiger partial charge in [-0.1, -0.05) is 38.2 Å². The third-order valence-electron chi connectivity index (χ3n) is 5.78. The number of hydrogen-bond donors (Lipinski definition) is 3. The first-order chi connectivity index (χ1) is 12.7. The normalized spacial score (nSPS) is 24.2.